The quantitative estimate of drug-likeness (QED) is 0.677. The summed E-state index contributed by atoms with van der Waals surface area (Å²) in [5.74, 6) is 2.24. The van der Waals surface area contributed by atoms with Crippen molar-refractivity contribution in [2.75, 3.05) is 5.32 Å². The number of rotatable bonds is 2. The van der Waals surface area contributed by atoms with Gasteiger partial charge in [0.25, 0.3) is 0 Å². The maximum absolute atomic E-state index is 5.82. The van der Waals surface area contributed by atoms with Gasteiger partial charge in [-0.05, 0) is 31.2 Å². The molecule has 1 heterocycles. The Hall–Kier alpha value is -2.20. The molecule has 4 heteroatoms. The molecule has 0 amide bonds. The molecule has 2 aromatic carbocycles. The maximum Gasteiger partial charge on any atom is 0.154 e. The van der Waals surface area contributed by atoms with Crippen LogP contribution in [0.4, 0.5) is 11.4 Å². The number of hydrogen-bond donors (Lipinski definition) is 2. The van der Waals surface area contributed by atoms with E-state index in [1.807, 2.05) is 42.5 Å². The van der Waals surface area contributed by atoms with Crippen LogP contribution in [-0.4, -0.2) is 6.23 Å². The summed E-state index contributed by atoms with van der Waals surface area (Å²) in [7, 11) is 0. The van der Waals surface area contributed by atoms with E-state index < -0.39 is 0 Å². The Labute approximate surface area is 105 Å². The first-order valence-corrected chi connectivity index (χ1v) is 5.83. The summed E-state index contributed by atoms with van der Waals surface area (Å²) in [5, 5.41) is 3.31. The van der Waals surface area contributed by atoms with Gasteiger partial charge in [0.1, 0.15) is 17.7 Å². The van der Waals surface area contributed by atoms with E-state index in [4.69, 9.17) is 15.2 Å². The first kappa shape index (κ1) is 10.9. The van der Waals surface area contributed by atoms with Crippen molar-refractivity contribution in [2.24, 2.45) is 5.73 Å². The third-order valence-electron chi connectivity index (χ3n) is 2.67. The molecule has 0 saturated carbocycles. The summed E-state index contributed by atoms with van der Waals surface area (Å²) in [6.07, 6.45) is -0.365. The molecule has 0 fully saturated rings. The number of benzene rings is 2. The van der Waals surface area contributed by atoms with Gasteiger partial charge in [-0.3, -0.25) is 5.73 Å². The molecule has 2 aromatic rings. The van der Waals surface area contributed by atoms with Crippen LogP contribution in [-0.2, 0) is 0 Å². The van der Waals surface area contributed by atoms with Gasteiger partial charge >= 0.3 is 0 Å². The average Bonchev–Trinajstić information content (AvgIpc) is 2.36. The number of nitrogens with two attached hydrogens (primary N) is 1. The van der Waals surface area contributed by atoms with Crippen LogP contribution in [0, 0.1) is 0 Å². The molecule has 0 radical (unpaired) electrons. The Kier molecular flexibility index (Phi) is 2.57. The molecule has 1 unspecified atom stereocenters. The van der Waals surface area contributed by atoms with Gasteiger partial charge in [-0.15, -0.1) is 0 Å². The van der Waals surface area contributed by atoms with Crippen molar-refractivity contribution in [3.63, 3.8) is 0 Å². The average molecular weight is 242 g/mol. The van der Waals surface area contributed by atoms with Crippen molar-refractivity contribution < 1.29 is 9.47 Å². The maximum atomic E-state index is 5.82. The third-order valence-corrected chi connectivity index (χ3v) is 2.67. The van der Waals surface area contributed by atoms with Crippen molar-refractivity contribution in [2.45, 2.75) is 13.2 Å². The predicted molar refractivity (Wildman–Crippen MR) is 70.5 cm³/mol. The second-order valence-corrected chi connectivity index (χ2v) is 4.18. The van der Waals surface area contributed by atoms with Gasteiger partial charge in [0.2, 0.25) is 0 Å². The molecule has 1 aliphatic rings. The summed E-state index contributed by atoms with van der Waals surface area (Å²) < 4.78 is 11.4. The van der Waals surface area contributed by atoms with Crippen LogP contribution in [0.3, 0.4) is 0 Å². The lowest BCUT2D eigenvalue weighted by Crippen LogP contribution is -2.23. The zero-order valence-corrected chi connectivity index (χ0v) is 10.0. The minimum Gasteiger partial charge on any atom is -0.474 e. The molecule has 1 aliphatic heterocycles. The number of hydrogen-bond acceptors (Lipinski definition) is 4. The Bertz CT molecular complexity index is 582. The number of para-hydroxylation sites is 3. The molecule has 0 saturated heterocycles. The molecule has 1 atom stereocenters. The third kappa shape index (κ3) is 1.87. The minimum absolute atomic E-state index is 0.365. The molecule has 0 aromatic heterocycles. The van der Waals surface area contributed by atoms with Crippen molar-refractivity contribution in [1.29, 1.82) is 0 Å². The van der Waals surface area contributed by atoms with Crippen LogP contribution in [0.15, 0.2) is 42.5 Å². The summed E-state index contributed by atoms with van der Waals surface area (Å²) in [6.45, 7) is 1.79. The SMILES string of the molecule is CC(N)Oc1cccc2c1Nc1ccccc1O2. The van der Waals surface area contributed by atoms with Crippen molar-refractivity contribution in [1.82, 2.24) is 0 Å². The van der Waals surface area contributed by atoms with Gasteiger partial charge in [0.05, 0.1) is 5.69 Å². The molecule has 0 aliphatic carbocycles. The van der Waals surface area contributed by atoms with Gasteiger partial charge in [-0.2, -0.15) is 0 Å². The minimum atomic E-state index is -0.365. The number of fused-ring (bicyclic) bond motifs is 2. The van der Waals surface area contributed by atoms with E-state index in [1.54, 1.807) is 6.92 Å². The van der Waals surface area contributed by atoms with Crippen LogP contribution in [0.5, 0.6) is 17.2 Å². The fraction of sp³-hybridized carbons (Fsp3) is 0.143. The van der Waals surface area contributed by atoms with E-state index in [0.29, 0.717) is 5.75 Å². The zero-order valence-electron chi connectivity index (χ0n) is 10.0. The lowest BCUT2D eigenvalue weighted by Gasteiger charge is -2.24. The summed E-state index contributed by atoms with van der Waals surface area (Å²) in [6, 6.07) is 13.4. The molecular formula is C14H14N2O2. The second-order valence-electron chi connectivity index (χ2n) is 4.18. The summed E-state index contributed by atoms with van der Waals surface area (Å²) in [5.41, 5.74) is 7.40. The van der Waals surface area contributed by atoms with Crippen molar-refractivity contribution in [3.8, 4) is 17.2 Å². The number of anilines is 2. The topological polar surface area (TPSA) is 56.5 Å². The molecule has 3 rings (SSSR count). The molecule has 0 spiro atoms. The molecule has 92 valence electrons. The van der Waals surface area contributed by atoms with E-state index in [0.717, 1.165) is 22.9 Å². The zero-order chi connectivity index (χ0) is 12.5. The Morgan fingerprint density at radius 3 is 2.72 bits per heavy atom. The van der Waals surface area contributed by atoms with Crippen LogP contribution in [0.25, 0.3) is 0 Å². The van der Waals surface area contributed by atoms with E-state index in [1.165, 1.54) is 0 Å². The highest BCUT2D eigenvalue weighted by molar-refractivity contribution is 5.79. The molecule has 4 nitrogen and oxygen atoms in total. The van der Waals surface area contributed by atoms with Gasteiger partial charge < -0.3 is 14.8 Å². The normalized spacial score (nSPS) is 13.7. The standard InChI is InChI=1S/C14H14N2O2/c1-9(15)17-12-7-4-8-13-14(12)16-10-5-2-3-6-11(10)18-13/h2-9,16H,15H2,1H3. The van der Waals surface area contributed by atoms with E-state index in [2.05, 4.69) is 5.32 Å². The Balaban J connectivity index is 2.02. The summed E-state index contributed by atoms with van der Waals surface area (Å²) in [4.78, 5) is 0. The molecule has 18 heavy (non-hydrogen) atoms. The fourth-order valence-corrected chi connectivity index (χ4v) is 1.93. The predicted octanol–water partition coefficient (Wildman–Crippen LogP) is 3.22. The van der Waals surface area contributed by atoms with E-state index in [9.17, 15) is 0 Å². The largest absolute Gasteiger partial charge is 0.474 e. The molecule has 3 N–H and O–H groups in total. The molecule has 0 bridgehead atoms. The highest BCUT2D eigenvalue weighted by Gasteiger charge is 2.19. The smallest absolute Gasteiger partial charge is 0.154 e. The lowest BCUT2D eigenvalue weighted by molar-refractivity contribution is 0.230. The van der Waals surface area contributed by atoms with Crippen LogP contribution in [0.1, 0.15) is 6.92 Å². The van der Waals surface area contributed by atoms with Crippen molar-refractivity contribution >= 4 is 11.4 Å². The lowest BCUT2D eigenvalue weighted by atomic mass is 10.2. The highest BCUT2D eigenvalue weighted by Crippen LogP contribution is 2.46. The summed E-state index contributed by atoms with van der Waals surface area (Å²) >= 11 is 0. The highest BCUT2D eigenvalue weighted by atomic mass is 16.5. The molecular weight excluding hydrogens is 228 g/mol. The first-order valence-electron chi connectivity index (χ1n) is 5.83. The Morgan fingerprint density at radius 1 is 1.11 bits per heavy atom. The monoisotopic (exact) mass is 242 g/mol. The van der Waals surface area contributed by atoms with Crippen LogP contribution >= 0.6 is 0 Å². The van der Waals surface area contributed by atoms with Crippen LogP contribution < -0.4 is 20.5 Å². The van der Waals surface area contributed by atoms with Gasteiger partial charge in [0.15, 0.2) is 11.5 Å². The van der Waals surface area contributed by atoms with E-state index >= 15 is 0 Å². The Morgan fingerprint density at radius 2 is 1.89 bits per heavy atom. The fourth-order valence-electron chi connectivity index (χ4n) is 1.93. The first-order chi connectivity index (χ1) is 8.74. The van der Waals surface area contributed by atoms with Crippen molar-refractivity contribution in [3.05, 3.63) is 42.5 Å². The second kappa shape index (κ2) is 4.23. The number of ether oxygens (including phenoxy) is 2. The number of nitrogens with one attached hydrogen (secondary N) is 1. The van der Waals surface area contributed by atoms with Crippen LogP contribution in [0.2, 0.25) is 0 Å². The van der Waals surface area contributed by atoms with Gasteiger partial charge in [-0.1, -0.05) is 18.2 Å². The van der Waals surface area contributed by atoms with Gasteiger partial charge in [-0.25, -0.2) is 0 Å². The van der Waals surface area contributed by atoms with E-state index in [-0.39, 0.29) is 6.23 Å². The van der Waals surface area contributed by atoms with Gasteiger partial charge in [0, 0.05) is 0 Å².